The van der Waals surface area contributed by atoms with Gasteiger partial charge in [0.05, 0.1) is 11.1 Å². The van der Waals surface area contributed by atoms with Crippen LogP contribution in [0.15, 0.2) is 58.5 Å². The third kappa shape index (κ3) is 4.95. The molecule has 28 heavy (non-hydrogen) atoms. The predicted octanol–water partition coefficient (Wildman–Crippen LogP) is 3.03. The van der Waals surface area contributed by atoms with Gasteiger partial charge in [-0.25, -0.2) is 18.2 Å². The van der Waals surface area contributed by atoms with Gasteiger partial charge in [0.25, 0.3) is 0 Å². The Kier molecular flexibility index (Phi) is 6.43. The molecule has 1 amide bonds. The van der Waals surface area contributed by atoms with Crippen molar-refractivity contribution in [1.29, 1.82) is 0 Å². The monoisotopic (exact) mass is 423 g/mol. The summed E-state index contributed by atoms with van der Waals surface area (Å²) in [5.74, 6) is -1.06. The summed E-state index contributed by atoms with van der Waals surface area (Å²) in [6.07, 6.45) is 2.30. The first-order valence-electron chi connectivity index (χ1n) is 8.70. The second-order valence-corrected chi connectivity index (χ2v) is 8.79. The number of nitrogens with zero attached hydrogens (tertiary/aromatic N) is 2. The lowest BCUT2D eigenvalue weighted by molar-refractivity contribution is -0.126. The average molecular weight is 424 g/mol. The fourth-order valence-corrected chi connectivity index (χ4v) is 4.52. The highest BCUT2D eigenvalue weighted by Crippen LogP contribution is 2.24. The van der Waals surface area contributed by atoms with E-state index in [1.54, 1.807) is 24.3 Å². The lowest BCUT2D eigenvalue weighted by Gasteiger charge is -2.30. The fourth-order valence-electron chi connectivity index (χ4n) is 2.92. The molecule has 2 aromatic carbocycles. The molecule has 0 radical (unpaired) electrons. The highest BCUT2D eigenvalue weighted by molar-refractivity contribution is 7.89. The molecule has 1 fully saturated rings. The molecule has 3 rings (SSSR count). The van der Waals surface area contributed by atoms with Crippen LogP contribution in [0.1, 0.15) is 18.4 Å². The van der Waals surface area contributed by atoms with Crippen LogP contribution >= 0.6 is 11.6 Å². The van der Waals surface area contributed by atoms with Gasteiger partial charge in [0, 0.05) is 24.0 Å². The number of benzene rings is 2. The average Bonchev–Trinajstić information content (AvgIpc) is 2.70. The van der Waals surface area contributed by atoms with E-state index in [-0.39, 0.29) is 29.8 Å². The second-order valence-electron chi connectivity index (χ2n) is 6.42. The molecule has 1 saturated heterocycles. The molecular weight excluding hydrogens is 405 g/mol. The van der Waals surface area contributed by atoms with E-state index in [4.69, 9.17) is 11.6 Å². The number of halogens is 2. The molecule has 0 aliphatic carbocycles. The molecule has 6 nitrogen and oxygen atoms in total. The Morgan fingerprint density at radius 3 is 2.32 bits per heavy atom. The van der Waals surface area contributed by atoms with Crippen LogP contribution in [0.2, 0.25) is 5.02 Å². The Morgan fingerprint density at radius 2 is 1.71 bits per heavy atom. The van der Waals surface area contributed by atoms with Gasteiger partial charge in [-0.2, -0.15) is 9.41 Å². The Hall–Kier alpha value is -2.29. The summed E-state index contributed by atoms with van der Waals surface area (Å²) < 4.78 is 39.5. The molecule has 2 aromatic rings. The van der Waals surface area contributed by atoms with Gasteiger partial charge in [-0.15, -0.1) is 0 Å². The SMILES string of the molecule is O=C(N/N=C\c1ccc(Cl)cc1)C1CCN(S(=O)(=O)c2ccc(F)cc2)CC1. The van der Waals surface area contributed by atoms with Crippen LogP contribution in [0.4, 0.5) is 4.39 Å². The molecule has 0 unspecified atom stereocenters. The zero-order valence-corrected chi connectivity index (χ0v) is 16.5. The fraction of sp³-hybridized carbons (Fsp3) is 0.263. The number of rotatable bonds is 5. The van der Waals surface area contributed by atoms with Crippen molar-refractivity contribution in [2.45, 2.75) is 17.7 Å². The van der Waals surface area contributed by atoms with Crippen LogP contribution < -0.4 is 5.43 Å². The minimum absolute atomic E-state index is 0.0457. The van der Waals surface area contributed by atoms with E-state index < -0.39 is 15.8 Å². The van der Waals surface area contributed by atoms with Gasteiger partial charge in [-0.3, -0.25) is 4.79 Å². The quantitative estimate of drug-likeness (QED) is 0.593. The van der Waals surface area contributed by atoms with Crippen molar-refractivity contribution in [3.8, 4) is 0 Å². The zero-order chi connectivity index (χ0) is 20.1. The smallest absolute Gasteiger partial charge is 0.243 e. The summed E-state index contributed by atoms with van der Waals surface area (Å²) in [6, 6.07) is 11.7. The molecule has 0 bridgehead atoms. The van der Waals surface area contributed by atoms with E-state index in [0.717, 1.165) is 17.7 Å². The summed E-state index contributed by atoms with van der Waals surface area (Å²) in [5.41, 5.74) is 3.29. The van der Waals surface area contributed by atoms with Crippen molar-refractivity contribution < 1.29 is 17.6 Å². The molecule has 9 heteroatoms. The van der Waals surface area contributed by atoms with Crippen molar-refractivity contribution in [3.05, 3.63) is 64.9 Å². The van der Waals surface area contributed by atoms with Crippen LogP contribution in [-0.4, -0.2) is 37.9 Å². The lowest BCUT2D eigenvalue weighted by Crippen LogP contribution is -2.42. The number of nitrogens with one attached hydrogen (secondary N) is 1. The maximum absolute atomic E-state index is 13.0. The van der Waals surface area contributed by atoms with Gasteiger partial charge in [0.15, 0.2) is 0 Å². The van der Waals surface area contributed by atoms with Crippen molar-refractivity contribution in [2.75, 3.05) is 13.1 Å². The molecule has 0 aromatic heterocycles. The Bertz CT molecular complexity index is 955. The second kappa shape index (κ2) is 8.81. The first kappa shape index (κ1) is 20.4. The van der Waals surface area contributed by atoms with E-state index in [1.807, 2.05) is 0 Å². The number of amides is 1. The molecule has 0 saturated carbocycles. The predicted molar refractivity (Wildman–Crippen MR) is 105 cm³/mol. The van der Waals surface area contributed by atoms with E-state index in [9.17, 15) is 17.6 Å². The number of hydrogen-bond donors (Lipinski definition) is 1. The largest absolute Gasteiger partial charge is 0.273 e. The van der Waals surface area contributed by atoms with E-state index >= 15 is 0 Å². The summed E-state index contributed by atoms with van der Waals surface area (Å²) in [7, 11) is -3.69. The number of carbonyl (C=O) groups excluding carboxylic acids is 1. The summed E-state index contributed by atoms with van der Waals surface area (Å²) in [4.78, 5) is 12.3. The van der Waals surface area contributed by atoms with Crippen LogP contribution in [0.25, 0.3) is 0 Å². The van der Waals surface area contributed by atoms with Crippen LogP contribution in [0, 0.1) is 11.7 Å². The highest BCUT2D eigenvalue weighted by atomic mass is 35.5. The minimum Gasteiger partial charge on any atom is -0.273 e. The standard InChI is InChI=1S/C19H19ClFN3O3S/c20-16-3-1-14(2-4-16)13-22-23-19(25)15-9-11-24(12-10-15)28(26,27)18-7-5-17(21)6-8-18/h1-8,13,15H,9-12H2,(H,23,25)/b22-13-. The first-order chi connectivity index (χ1) is 13.4. The molecule has 1 aliphatic heterocycles. The van der Waals surface area contributed by atoms with Crippen LogP contribution in [-0.2, 0) is 14.8 Å². The normalized spacial score (nSPS) is 16.4. The topological polar surface area (TPSA) is 78.8 Å². The number of piperidine rings is 1. The van der Waals surface area contributed by atoms with Crippen molar-refractivity contribution in [2.24, 2.45) is 11.0 Å². The third-order valence-corrected chi connectivity index (χ3v) is 6.70. The lowest BCUT2D eigenvalue weighted by atomic mass is 9.98. The highest BCUT2D eigenvalue weighted by Gasteiger charge is 2.32. The van der Waals surface area contributed by atoms with E-state index in [1.165, 1.54) is 22.7 Å². The number of sulfonamides is 1. The summed E-state index contributed by atoms with van der Waals surface area (Å²) >= 11 is 5.81. The van der Waals surface area contributed by atoms with Gasteiger partial charge < -0.3 is 0 Å². The zero-order valence-electron chi connectivity index (χ0n) is 14.9. The first-order valence-corrected chi connectivity index (χ1v) is 10.5. The van der Waals surface area contributed by atoms with E-state index in [0.29, 0.717) is 17.9 Å². The molecule has 0 atom stereocenters. The summed E-state index contributed by atoms with van der Waals surface area (Å²) in [5, 5.41) is 4.55. The van der Waals surface area contributed by atoms with Crippen molar-refractivity contribution in [1.82, 2.24) is 9.73 Å². The van der Waals surface area contributed by atoms with Crippen molar-refractivity contribution in [3.63, 3.8) is 0 Å². The molecule has 1 aliphatic rings. The number of carbonyl (C=O) groups is 1. The number of hydrogen-bond acceptors (Lipinski definition) is 4. The molecule has 1 N–H and O–H groups in total. The third-order valence-electron chi connectivity index (χ3n) is 4.53. The maximum atomic E-state index is 13.0. The minimum atomic E-state index is -3.69. The van der Waals surface area contributed by atoms with Crippen molar-refractivity contribution >= 4 is 33.7 Å². The summed E-state index contributed by atoms with van der Waals surface area (Å²) in [6.45, 7) is 0.442. The van der Waals surface area contributed by atoms with Gasteiger partial charge in [-0.05, 0) is 54.8 Å². The molecule has 1 heterocycles. The Morgan fingerprint density at radius 1 is 1.11 bits per heavy atom. The van der Waals surface area contributed by atoms with Crippen LogP contribution in [0.3, 0.4) is 0 Å². The Balaban J connectivity index is 1.53. The van der Waals surface area contributed by atoms with E-state index in [2.05, 4.69) is 10.5 Å². The van der Waals surface area contributed by atoms with Gasteiger partial charge in [-0.1, -0.05) is 23.7 Å². The molecule has 0 spiro atoms. The van der Waals surface area contributed by atoms with Gasteiger partial charge >= 0.3 is 0 Å². The molecular formula is C19H19ClFN3O3S. The Labute approximate surface area is 168 Å². The van der Waals surface area contributed by atoms with Gasteiger partial charge in [0.1, 0.15) is 5.82 Å². The number of hydrazone groups is 1. The van der Waals surface area contributed by atoms with Crippen LogP contribution in [0.5, 0.6) is 0 Å². The van der Waals surface area contributed by atoms with Gasteiger partial charge in [0.2, 0.25) is 15.9 Å². The maximum Gasteiger partial charge on any atom is 0.243 e. The molecule has 148 valence electrons.